The fraction of sp³-hybridized carbons (Fsp3) is 0.200. The number of hydrogen-bond acceptors (Lipinski definition) is 2. The van der Waals surface area contributed by atoms with Crippen molar-refractivity contribution >= 4 is 5.97 Å². The standard InChI is InChI=1S/C10H11O2.Rb/c1-8(10(11)12-2)9-6-4-3-5-7-9;/h3-7H,1-2H3;/q-1;+1. The van der Waals surface area contributed by atoms with Crippen molar-refractivity contribution in [3.05, 3.63) is 41.8 Å². The topological polar surface area (TPSA) is 26.3 Å². The number of esters is 1. The van der Waals surface area contributed by atoms with Gasteiger partial charge in [-0.15, -0.1) is 12.1 Å². The summed E-state index contributed by atoms with van der Waals surface area (Å²) in [6, 6.07) is 9.45. The van der Waals surface area contributed by atoms with Crippen LogP contribution in [0, 0.1) is 5.92 Å². The number of rotatable bonds is 2. The maximum absolute atomic E-state index is 11.1. The van der Waals surface area contributed by atoms with Crippen LogP contribution in [0.2, 0.25) is 0 Å². The summed E-state index contributed by atoms with van der Waals surface area (Å²) in [5, 5.41) is 0. The molecular weight excluding hydrogens is 238 g/mol. The molecule has 0 spiro atoms. The molecule has 0 bridgehead atoms. The minimum absolute atomic E-state index is 0. The maximum atomic E-state index is 11.1. The van der Waals surface area contributed by atoms with Crippen molar-refractivity contribution < 1.29 is 67.7 Å². The summed E-state index contributed by atoms with van der Waals surface area (Å²) in [6.45, 7) is 1.75. The molecule has 0 atom stereocenters. The van der Waals surface area contributed by atoms with Gasteiger partial charge in [0.05, 0.1) is 7.11 Å². The third-order valence-corrected chi connectivity index (χ3v) is 1.70. The van der Waals surface area contributed by atoms with E-state index in [1.807, 2.05) is 30.3 Å². The predicted molar refractivity (Wildman–Crippen MR) is 46.5 cm³/mol. The Morgan fingerprint density at radius 3 is 2.31 bits per heavy atom. The molecule has 2 nitrogen and oxygen atoms in total. The first kappa shape index (κ1) is 13.4. The molecule has 0 radical (unpaired) electrons. The Bertz CT molecular complexity index is 259. The third-order valence-electron chi connectivity index (χ3n) is 1.70. The number of benzene rings is 1. The monoisotopic (exact) mass is 248 g/mol. The van der Waals surface area contributed by atoms with E-state index in [4.69, 9.17) is 0 Å². The summed E-state index contributed by atoms with van der Waals surface area (Å²) in [7, 11) is 1.38. The van der Waals surface area contributed by atoms with Gasteiger partial charge in [0.1, 0.15) is 0 Å². The van der Waals surface area contributed by atoms with Crippen LogP contribution in [0.15, 0.2) is 30.3 Å². The summed E-state index contributed by atoms with van der Waals surface area (Å²) in [6.07, 6.45) is 0. The minimum atomic E-state index is -0.277. The summed E-state index contributed by atoms with van der Waals surface area (Å²) in [4.78, 5) is 11.1. The number of methoxy groups -OCH3 is 1. The van der Waals surface area contributed by atoms with Gasteiger partial charge in [0.25, 0.3) is 5.97 Å². The van der Waals surface area contributed by atoms with Gasteiger partial charge in [-0.05, 0) is 0 Å². The number of carbonyl (C=O) groups excluding carboxylic acids is 1. The average molecular weight is 249 g/mol. The van der Waals surface area contributed by atoms with Crippen LogP contribution < -0.4 is 58.2 Å². The zero-order valence-corrected chi connectivity index (χ0v) is 13.1. The van der Waals surface area contributed by atoms with Gasteiger partial charge < -0.3 is 4.74 Å². The Kier molecular flexibility index (Phi) is 6.96. The summed E-state index contributed by atoms with van der Waals surface area (Å²) in [5.74, 6) is 0.360. The molecule has 0 aliphatic rings. The van der Waals surface area contributed by atoms with Gasteiger partial charge in [0.2, 0.25) is 0 Å². The molecule has 1 aromatic rings. The van der Waals surface area contributed by atoms with Crippen LogP contribution in [-0.4, -0.2) is 13.1 Å². The van der Waals surface area contributed by atoms with Crippen LogP contribution in [0.25, 0.3) is 0 Å². The molecule has 0 heterocycles. The Labute approximate surface area is 127 Å². The van der Waals surface area contributed by atoms with Gasteiger partial charge in [-0.2, -0.15) is 17.7 Å². The Hall–Kier alpha value is 0.365. The minimum Gasteiger partial charge on any atom is -0.475 e. The molecule has 3 heteroatoms. The first-order valence-corrected chi connectivity index (χ1v) is 3.73. The van der Waals surface area contributed by atoms with E-state index in [0.29, 0.717) is 5.92 Å². The molecule has 0 saturated heterocycles. The van der Waals surface area contributed by atoms with E-state index in [1.54, 1.807) is 6.92 Å². The first-order chi connectivity index (χ1) is 5.75. The van der Waals surface area contributed by atoms with E-state index >= 15 is 0 Å². The molecule has 13 heavy (non-hydrogen) atoms. The van der Waals surface area contributed by atoms with Crippen molar-refractivity contribution in [2.75, 3.05) is 7.11 Å². The largest absolute Gasteiger partial charge is 1.00 e. The maximum Gasteiger partial charge on any atom is 1.00 e. The van der Waals surface area contributed by atoms with Gasteiger partial charge in [0, 0.05) is 0 Å². The van der Waals surface area contributed by atoms with Crippen LogP contribution in [0.3, 0.4) is 0 Å². The first-order valence-electron chi connectivity index (χ1n) is 3.73. The van der Waals surface area contributed by atoms with Gasteiger partial charge in [-0.3, -0.25) is 4.79 Å². The fourth-order valence-electron chi connectivity index (χ4n) is 0.959. The number of ether oxygens (including phenoxy) is 1. The van der Waals surface area contributed by atoms with Crippen LogP contribution >= 0.6 is 0 Å². The summed E-state index contributed by atoms with van der Waals surface area (Å²) in [5.41, 5.74) is 0.907. The molecule has 0 aliphatic heterocycles. The zero-order chi connectivity index (χ0) is 8.97. The fourth-order valence-corrected chi connectivity index (χ4v) is 0.959. The van der Waals surface area contributed by atoms with Gasteiger partial charge in [0.15, 0.2) is 0 Å². The second kappa shape index (κ2) is 6.77. The molecule has 0 aliphatic carbocycles. The van der Waals surface area contributed by atoms with E-state index in [9.17, 15) is 4.79 Å². The van der Waals surface area contributed by atoms with Crippen molar-refractivity contribution in [3.8, 4) is 0 Å². The van der Waals surface area contributed by atoms with Crippen LogP contribution in [-0.2, 0) is 9.53 Å². The molecule has 0 aromatic heterocycles. The second-order valence-electron chi connectivity index (χ2n) is 2.48. The number of hydrogen-bond donors (Lipinski definition) is 0. The van der Waals surface area contributed by atoms with E-state index in [0.717, 1.165) is 5.56 Å². The van der Waals surface area contributed by atoms with Gasteiger partial charge in [-0.25, -0.2) is 0 Å². The van der Waals surface area contributed by atoms with Crippen molar-refractivity contribution in [1.82, 2.24) is 0 Å². The second-order valence-corrected chi connectivity index (χ2v) is 2.48. The summed E-state index contributed by atoms with van der Waals surface area (Å²) < 4.78 is 4.59. The Morgan fingerprint density at radius 1 is 1.31 bits per heavy atom. The zero-order valence-electron chi connectivity index (χ0n) is 8.20. The Morgan fingerprint density at radius 2 is 1.85 bits per heavy atom. The van der Waals surface area contributed by atoms with Crippen LogP contribution in [0.1, 0.15) is 12.5 Å². The quantitative estimate of drug-likeness (QED) is 0.486. The molecule has 1 aromatic carbocycles. The smallest absolute Gasteiger partial charge is 0.475 e. The van der Waals surface area contributed by atoms with E-state index in [1.165, 1.54) is 7.11 Å². The molecular formula is C10H11O2Rb. The van der Waals surface area contributed by atoms with E-state index in [-0.39, 0.29) is 64.2 Å². The van der Waals surface area contributed by atoms with Crippen molar-refractivity contribution in [2.45, 2.75) is 6.92 Å². The normalized spacial score (nSPS) is 8.46. The molecule has 0 amide bonds. The molecule has 0 N–H and O–H groups in total. The Balaban J connectivity index is 0.00000144. The van der Waals surface area contributed by atoms with Crippen molar-refractivity contribution in [2.24, 2.45) is 0 Å². The molecule has 0 saturated carbocycles. The van der Waals surface area contributed by atoms with Crippen molar-refractivity contribution in [1.29, 1.82) is 0 Å². The van der Waals surface area contributed by atoms with Crippen LogP contribution in [0.4, 0.5) is 0 Å². The predicted octanol–water partition coefficient (Wildman–Crippen LogP) is -1.19. The summed E-state index contributed by atoms with van der Waals surface area (Å²) >= 11 is 0. The molecule has 0 fully saturated rings. The van der Waals surface area contributed by atoms with E-state index in [2.05, 4.69) is 4.74 Å². The molecule has 64 valence electrons. The SMILES string of the molecule is COC(=O)[C-](C)c1ccccc1.[Rb+]. The van der Waals surface area contributed by atoms with Gasteiger partial charge >= 0.3 is 58.2 Å². The van der Waals surface area contributed by atoms with E-state index < -0.39 is 0 Å². The average Bonchev–Trinajstić information content (AvgIpc) is 2.17. The third kappa shape index (κ3) is 3.94. The molecule has 1 rings (SSSR count). The van der Waals surface area contributed by atoms with Gasteiger partial charge in [-0.1, -0.05) is 18.9 Å². The number of carbonyl (C=O) groups is 1. The van der Waals surface area contributed by atoms with Crippen LogP contribution in [0.5, 0.6) is 0 Å². The van der Waals surface area contributed by atoms with Crippen molar-refractivity contribution in [3.63, 3.8) is 0 Å². The molecule has 0 unspecified atom stereocenters.